The van der Waals surface area contributed by atoms with Gasteiger partial charge in [0.1, 0.15) is 4.90 Å². The zero-order valence-corrected chi connectivity index (χ0v) is 13.0. The molecule has 0 unspecified atom stereocenters. The first-order valence-corrected chi connectivity index (χ1v) is 7.96. The first kappa shape index (κ1) is 15.8. The van der Waals surface area contributed by atoms with Gasteiger partial charge in [-0.15, -0.1) is 11.6 Å². The normalized spacial score (nSPS) is 12.0. The molecule has 1 heterocycles. The maximum Gasteiger partial charge on any atom is 0.244 e. The Morgan fingerprint density at radius 1 is 1.44 bits per heavy atom. The molecule has 5 nitrogen and oxygen atoms in total. The highest BCUT2D eigenvalue weighted by Gasteiger charge is 2.20. The molecule has 0 aliphatic heterocycles. The van der Waals surface area contributed by atoms with Gasteiger partial charge in [0, 0.05) is 36.3 Å². The summed E-state index contributed by atoms with van der Waals surface area (Å²) in [6, 6.07) is 1.51. The van der Waals surface area contributed by atoms with Crippen molar-refractivity contribution < 1.29 is 13.2 Å². The van der Waals surface area contributed by atoms with Gasteiger partial charge in [-0.2, -0.15) is 4.31 Å². The molecule has 0 aliphatic rings. The second-order valence-corrected chi connectivity index (χ2v) is 6.81. The summed E-state index contributed by atoms with van der Waals surface area (Å²) in [5.74, 6) is 0.395. The van der Waals surface area contributed by atoms with Gasteiger partial charge in [0.15, 0.2) is 0 Å². The van der Waals surface area contributed by atoms with Gasteiger partial charge < -0.3 is 4.74 Å². The molecule has 0 fully saturated rings. The number of alkyl halides is 1. The molecule has 0 aromatic carbocycles. The quantitative estimate of drug-likeness (QED) is 0.551. The van der Waals surface area contributed by atoms with E-state index in [1.165, 1.54) is 29.8 Å². The minimum atomic E-state index is -3.52. The van der Waals surface area contributed by atoms with E-state index >= 15 is 0 Å². The van der Waals surface area contributed by atoms with E-state index in [2.05, 4.69) is 20.9 Å². The van der Waals surface area contributed by atoms with Crippen LogP contribution in [0.25, 0.3) is 0 Å². The van der Waals surface area contributed by atoms with Crippen molar-refractivity contribution >= 4 is 37.6 Å². The molecule has 0 spiro atoms. The van der Waals surface area contributed by atoms with Crippen LogP contribution in [0.5, 0.6) is 0 Å². The lowest BCUT2D eigenvalue weighted by Gasteiger charge is -2.16. The molecule has 8 heteroatoms. The van der Waals surface area contributed by atoms with Crippen LogP contribution in [-0.2, 0) is 14.8 Å². The Labute approximate surface area is 120 Å². The number of hydrogen-bond donors (Lipinski definition) is 0. The van der Waals surface area contributed by atoms with Crippen LogP contribution in [0, 0.1) is 0 Å². The summed E-state index contributed by atoms with van der Waals surface area (Å²) in [5.41, 5.74) is 0. The molecule has 0 N–H and O–H groups in total. The van der Waals surface area contributed by atoms with Gasteiger partial charge >= 0.3 is 0 Å². The summed E-state index contributed by atoms with van der Waals surface area (Å²) in [6.45, 7) is 0.990. The average molecular weight is 358 g/mol. The molecule has 0 saturated carbocycles. The van der Waals surface area contributed by atoms with E-state index in [-0.39, 0.29) is 11.4 Å². The van der Waals surface area contributed by atoms with Crippen LogP contribution in [0.15, 0.2) is 27.8 Å². The van der Waals surface area contributed by atoms with Crippen LogP contribution in [-0.4, -0.2) is 50.4 Å². The van der Waals surface area contributed by atoms with Gasteiger partial charge in [-0.3, -0.25) is 4.98 Å². The molecular formula is C10H14BrClN2O3S. The summed E-state index contributed by atoms with van der Waals surface area (Å²) < 4.78 is 31.3. The maximum absolute atomic E-state index is 12.1. The Morgan fingerprint density at radius 2 is 2.17 bits per heavy atom. The second kappa shape index (κ2) is 7.40. The third kappa shape index (κ3) is 4.47. The van der Waals surface area contributed by atoms with Crippen LogP contribution in [0.1, 0.15) is 0 Å². The Balaban J connectivity index is 2.68. The van der Waals surface area contributed by atoms with Gasteiger partial charge in [0.25, 0.3) is 0 Å². The third-order valence-corrected chi connectivity index (χ3v) is 4.57. The topological polar surface area (TPSA) is 59.5 Å². The van der Waals surface area contributed by atoms with Crippen molar-refractivity contribution in [3.05, 3.63) is 22.9 Å². The van der Waals surface area contributed by atoms with Crippen LogP contribution < -0.4 is 0 Å². The monoisotopic (exact) mass is 356 g/mol. The van der Waals surface area contributed by atoms with E-state index in [9.17, 15) is 8.42 Å². The van der Waals surface area contributed by atoms with Crippen LogP contribution in [0.4, 0.5) is 0 Å². The average Bonchev–Trinajstić information content (AvgIpc) is 2.34. The number of nitrogens with zero attached hydrogens (tertiary/aromatic N) is 2. The SMILES string of the molecule is CN(CCOCCCl)S(=O)(=O)c1cncc(Br)c1. The zero-order chi connectivity index (χ0) is 13.6. The molecule has 0 atom stereocenters. The summed E-state index contributed by atoms with van der Waals surface area (Å²) in [7, 11) is -2.02. The van der Waals surface area contributed by atoms with E-state index in [0.29, 0.717) is 23.6 Å². The van der Waals surface area contributed by atoms with Crippen molar-refractivity contribution in [1.82, 2.24) is 9.29 Å². The molecule has 102 valence electrons. The first-order valence-electron chi connectivity index (χ1n) is 5.19. The van der Waals surface area contributed by atoms with Crippen molar-refractivity contribution in [2.75, 3.05) is 32.7 Å². The third-order valence-electron chi connectivity index (χ3n) is 2.16. The molecule has 0 saturated heterocycles. The van der Waals surface area contributed by atoms with Crippen molar-refractivity contribution in [3.63, 3.8) is 0 Å². The van der Waals surface area contributed by atoms with E-state index in [4.69, 9.17) is 16.3 Å². The highest BCUT2D eigenvalue weighted by atomic mass is 79.9. The molecule has 18 heavy (non-hydrogen) atoms. The molecule has 0 amide bonds. The van der Waals surface area contributed by atoms with E-state index in [0.717, 1.165) is 0 Å². The lowest BCUT2D eigenvalue weighted by atomic mass is 10.5. The summed E-state index contributed by atoms with van der Waals surface area (Å²) in [4.78, 5) is 3.99. The summed E-state index contributed by atoms with van der Waals surface area (Å²) in [6.07, 6.45) is 2.85. The Kier molecular flexibility index (Phi) is 6.51. The van der Waals surface area contributed by atoms with E-state index in [1.807, 2.05) is 0 Å². The van der Waals surface area contributed by atoms with Crippen LogP contribution >= 0.6 is 27.5 Å². The summed E-state index contributed by atoms with van der Waals surface area (Å²) in [5, 5.41) is 0. The number of pyridine rings is 1. The second-order valence-electron chi connectivity index (χ2n) is 3.47. The Bertz CT molecular complexity index is 484. The van der Waals surface area contributed by atoms with Crippen molar-refractivity contribution in [1.29, 1.82) is 0 Å². The number of ether oxygens (including phenoxy) is 1. The number of hydrogen-bond acceptors (Lipinski definition) is 4. The van der Waals surface area contributed by atoms with Crippen molar-refractivity contribution in [2.45, 2.75) is 4.90 Å². The molecule has 1 aromatic rings. The predicted molar refractivity (Wildman–Crippen MR) is 73.3 cm³/mol. The number of sulfonamides is 1. The maximum atomic E-state index is 12.1. The van der Waals surface area contributed by atoms with Crippen LogP contribution in [0.2, 0.25) is 0 Å². The van der Waals surface area contributed by atoms with Crippen molar-refractivity contribution in [3.8, 4) is 0 Å². The van der Waals surface area contributed by atoms with Gasteiger partial charge in [-0.25, -0.2) is 8.42 Å². The van der Waals surface area contributed by atoms with E-state index < -0.39 is 10.0 Å². The molecule has 0 bridgehead atoms. The van der Waals surface area contributed by atoms with Gasteiger partial charge in [-0.05, 0) is 22.0 Å². The molecule has 0 aliphatic carbocycles. The molecule has 1 rings (SSSR count). The molecule has 0 radical (unpaired) electrons. The fraction of sp³-hybridized carbons (Fsp3) is 0.500. The first-order chi connectivity index (χ1) is 8.48. The number of rotatable bonds is 7. The minimum absolute atomic E-state index is 0.150. The number of likely N-dealkylation sites (N-methyl/N-ethyl adjacent to an activating group) is 1. The molecular weight excluding hydrogens is 344 g/mol. The minimum Gasteiger partial charge on any atom is -0.379 e. The highest BCUT2D eigenvalue weighted by molar-refractivity contribution is 9.10. The Hall–Kier alpha value is -0.210. The zero-order valence-electron chi connectivity index (χ0n) is 9.84. The molecule has 1 aromatic heterocycles. The van der Waals surface area contributed by atoms with E-state index in [1.54, 1.807) is 0 Å². The van der Waals surface area contributed by atoms with Gasteiger partial charge in [-0.1, -0.05) is 0 Å². The predicted octanol–water partition coefficient (Wildman–Crippen LogP) is 1.72. The van der Waals surface area contributed by atoms with Gasteiger partial charge in [0.2, 0.25) is 10.0 Å². The number of aromatic nitrogens is 1. The lowest BCUT2D eigenvalue weighted by Crippen LogP contribution is -2.30. The standard InChI is InChI=1S/C10H14BrClN2O3S/c1-14(3-5-17-4-2-12)18(15,16)10-6-9(11)7-13-8-10/h6-8H,2-5H2,1H3. The fourth-order valence-electron chi connectivity index (χ4n) is 1.18. The Morgan fingerprint density at radius 3 is 2.78 bits per heavy atom. The van der Waals surface area contributed by atoms with Crippen molar-refractivity contribution in [2.24, 2.45) is 0 Å². The highest BCUT2D eigenvalue weighted by Crippen LogP contribution is 2.17. The fourth-order valence-corrected chi connectivity index (χ4v) is 2.95. The summed E-state index contributed by atoms with van der Waals surface area (Å²) >= 11 is 8.64. The largest absolute Gasteiger partial charge is 0.379 e. The van der Waals surface area contributed by atoms with Gasteiger partial charge in [0.05, 0.1) is 13.2 Å². The number of halogens is 2. The lowest BCUT2D eigenvalue weighted by molar-refractivity contribution is 0.140. The smallest absolute Gasteiger partial charge is 0.244 e. The van der Waals surface area contributed by atoms with Crippen LogP contribution in [0.3, 0.4) is 0 Å².